The van der Waals surface area contributed by atoms with Gasteiger partial charge in [-0.3, -0.25) is 9.88 Å². The molecule has 2 heterocycles. The maximum Gasteiger partial charge on any atom is 0.128 e. The largest absolute Gasteiger partial charge is 0.496 e. The number of methoxy groups -OCH3 is 1. The Morgan fingerprint density at radius 2 is 2.10 bits per heavy atom. The molecule has 0 spiro atoms. The van der Waals surface area contributed by atoms with Crippen LogP contribution in [0.3, 0.4) is 0 Å². The van der Waals surface area contributed by atoms with Crippen molar-refractivity contribution in [1.82, 2.24) is 15.2 Å². The molecule has 0 aliphatic carbocycles. The number of halogens is 2. The van der Waals surface area contributed by atoms with E-state index in [2.05, 4.69) is 22.1 Å². The van der Waals surface area contributed by atoms with E-state index in [1.54, 1.807) is 7.11 Å². The first-order valence-electron chi connectivity index (χ1n) is 7.04. The van der Waals surface area contributed by atoms with Crippen molar-refractivity contribution in [1.29, 1.82) is 0 Å². The van der Waals surface area contributed by atoms with Gasteiger partial charge in [-0.15, -0.1) is 24.8 Å². The number of nitrogens with zero attached hydrogens (tertiary/aromatic N) is 2. The molecule has 1 atom stereocenters. The predicted molar refractivity (Wildman–Crippen MR) is 92.1 cm³/mol. The lowest BCUT2D eigenvalue weighted by Gasteiger charge is -2.32. The summed E-state index contributed by atoms with van der Waals surface area (Å²) < 4.78 is 5.48. The number of aryl methyl sites for hydroxylation is 1. The molecule has 1 aliphatic rings. The first-order chi connectivity index (χ1) is 9.15. The van der Waals surface area contributed by atoms with Crippen LogP contribution in [0.1, 0.15) is 29.7 Å². The van der Waals surface area contributed by atoms with Gasteiger partial charge < -0.3 is 10.1 Å². The number of rotatable bonds is 4. The van der Waals surface area contributed by atoms with E-state index in [4.69, 9.17) is 4.74 Å². The second-order valence-corrected chi connectivity index (χ2v) is 5.41. The number of likely N-dealkylation sites (tertiary alicyclic amines) is 1. The number of likely N-dealkylation sites (N-methyl/N-ethyl adjacent to an activating group) is 1. The first-order valence-corrected chi connectivity index (χ1v) is 7.04. The fourth-order valence-corrected chi connectivity index (χ4v) is 2.88. The normalized spacial score (nSPS) is 18.6. The van der Waals surface area contributed by atoms with Crippen LogP contribution in [0.4, 0.5) is 0 Å². The Kier molecular flexibility index (Phi) is 9.22. The highest BCUT2D eigenvalue weighted by atomic mass is 35.5. The van der Waals surface area contributed by atoms with Crippen LogP contribution in [0.15, 0.2) is 6.20 Å². The minimum absolute atomic E-state index is 0. The Balaban J connectivity index is 0.00000200. The molecule has 2 rings (SSSR count). The Morgan fingerprint density at radius 3 is 2.71 bits per heavy atom. The molecule has 1 aromatic heterocycles. The fraction of sp³-hybridized carbons (Fsp3) is 0.667. The summed E-state index contributed by atoms with van der Waals surface area (Å²) in [6.07, 6.45) is 4.45. The number of nitrogens with one attached hydrogen (secondary N) is 1. The van der Waals surface area contributed by atoms with Crippen molar-refractivity contribution in [3.05, 3.63) is 23.0 Å². The molecule has 4 nitrogen and oxygen atoms in total. The topological polar surface area (TPSA) is 37.4 Å². The zero-order valence-corrected chi connectivity index (χ0v) is 14.9. The second kappa shape index (κ2) is 9.46. The van der Waals surface area contributed by atoms with Crippen molar-refractivity contribution in [2.45, 2.75) is 39.3 Å². The molecule has 1 saturated heterocycles. The van der Waals surface area contributed by atoms with Crippen molar-refractivity contribution in [3.8, 4) is 5.75 Å². The standard InChI is InChI=1S/C15H25N3O.2ClH/c1-11-8-17-14(12(2)15(11)19-4)10-18-7-5-6-13(9-18)16-3;;/h8,13,16H,5-7,9-10H2,1-4H3;2*1H. The smallest absolute Gasteiger partial charge is 0.128 e. The summed E-state index contributed by atoms with van der Waals surface area (Å²) in [5.41, 5.74) is 3.42. The number of aromatic nitrogens is 1. The van der Waals surface area contributed by atoms with E-state index in [1.165, 1.54) is 18.4 Å². The third-order valence-corrected chi connectivity index (χ3v) is 4.04. The Bertz CT molecular complexity index is 443. The van der Waals surface area contributed by atoms with Gasteiger partial charge in [-0.25, -0.2) is 0 Å². The van der Waals surface area contributed by atoms with E-state index < -0.39 is 0 Å². The molecular weight excluding hydrogens is 309 g/mol. The van der Waals surface area contributed by atoms with Gasteiger partial charge >= 0.3 is 0 Å². The quantitative estimate of drug-likeness (QED) is 0.917. The van der Waals surface area contributed by atoms with Gasteiger partial charge in [0.25, 0.3) is 0 Å². The number of hydrogen-bond donors (Lipinski definition) is 1. The molecule has 1 unspecified atom stereocenters. The van der Waals surface area contributed by atoms with Crippen LogP contribution in [0, 0.1) is 13.8 Å². The third-order valence-electron chi connectivity index (χ3n) is 4.04. The number of piperidine rings is 1. The van der Waals surface area contributed by atoms with Gasteiger partial charge in [-0.05, 0) is 40.3 Å². The Hall–Kier alpha value is -0.550. The number of hydrogen-bond acceptors (Lipinski definition) is 4. The number of ether oxygens (including phenoxy) is 1. The minimum atomic E-state index is 0. The molecule has 1 fully saturated rings. The summed E-state index contributed by atoms with van der Waals surface area (Å²) in [6.45, 7) is 7.33. The van der Waals surface area contributed by atoms with Crippen molar-refractivity contribution in [2.75, 3.05) is 27.2 Å². The van der Waals surface area contributed by atoms with E-state index in [9.17, 15) is 0 Å². The molecule has 0 saturated carbocycles. The molecule has 6 heteroatoms. The summed E-state index contributed by atoms with van der Waals surface area (Å²) in [6, 6.07) is 0.612. The maximum absolute atomic E-state index is 5.48. The van der Waals surface area contributed by atoms with Crippen molar-refractivity contribution in [2.24, 2.45) is 0 Å². The van der Waals surface area contributed by atoms with E-state index in [0.29, 0.717) is 6.04 Å². The highest BCUT2D eigenvalue weighted by Gasteiger charge is 2.20. The third kappa shape index (κ3) is 4.99. The molecule has 21 heavy (non-hydrogen) atoms. The lowest BCUT2D eigenvalue weighted by atomic mass is 10.0. The van der Waals surface area contributed by atoms with Gasteiger partial charge in [-0.2, -0.15) is 0 Å². The van der Waals surface area contributed by atoms with E-state index in [-0.39, 0.29) is 24.8 Å². The fourth-order valence-electron chi connectivity index (χ4n) is 2.88. The summed E-state index contributed by atoms with van der Waals surface area (Å²) in [7, 11) is 3.78. The van der Waals surface area contributed by atoms with Crippen LogP contribution < -0.4 is 10.1 Å². The van der Waals surface area contributed by atoms with Gasteiger partial charge in [0.2, 0.25) is 0 Å². The van der Waals surface area contributed by atoms with E-state index >= 15 is 0 Å². The number of pyridine rings is 1. The first kappa shape index (κ1) is 20.5. The lowest BCUT2D eigenvalue weighted by Crippen LogP contribution is -2.44. The zero-order chi connectivity index (χ0) is 13.8. The molecular formula is C15H27Cl2N3O. The minimum Gasteiger partial charge on any atom is -0.496 e. The van der Waals surface area contributed by atoms with Crippen LogP contribution in [-0.4, -0.2) is 43.2 Å². The van der Waals surface area contributed by atoms with Gasteiger partial charge in [0.15, 0.2) is 0 Å². The molecule has 0 amide bonds. The van der Waals surface area contributed by atoms with Crippen molar-refractivity contribution in [3.63, 3.8) is 0 Å². The van der Waals surface area contributed by atoms with Gasteiger partial charge in [0, 0.05) is 36.5 Å². The van der Waals surface area contributed by atoms with Crippen molar-refractivity contribution >= 4 is 24.8 Å². The summed E-state index contributed by atoms with van der Waals surface area (Å²) >= 11 is 0. The summed E-state index contributed by atoms with van der Waals surface area (Å²) in [4.78, 5) is 7.07. The molecule has 0 aromatic carbocycles. The Labute approximate surface area is 140 Å². The summed E-state index contributed by atoms with van der Waals surface area (Å²) in [5, 5.41) is 3.38. The van der Waals surface area contributed by atoms with Gasteiger partial charge in [-0.1, -0.05) is 0 Å². The predicted octanol–water partition coefficient (Wildman–Crippen LogP) is 2.73. The average molecular weight is 336 g/mol. The highest BCUT2D eigenvalue weighted by molar-refractivity contribution is 5.85. The molecule has 1 N–H and O–H groups in total. The lowest BCUT2D eigenvalue weighted by molar-refractivity contribution is 0.185. The zero-order valence-electron chi connectivity index (χ0n) is 13.3. The summed E-state index contributed by atoms with van der Waals surface area (Å²) in [5.74, 6) is 0.979. The molecule has 0 radical (unpaired) electrons. The van der Waals surface area contributed by atoms with Crippen LogP contribution in [0.2, 0.25) is 0 Å². The van der Waals surface area contributed by atoms with Crippen LogP contribution in [0.25, 0.3) is 0 Å². The Morgan fingerprint density at radius 1 is 1.38 bits per heavy atom. The second-order valence-electron chi connectivity index (χ2n) is 5.41. The molecule has 1 aliphatic heterocycles. The average Bonchev–Trinajstić information content (AvgIpc) is 2.43. The van der Waals surface area contributed by atoms with Crippen LogP contribution in [0.5, 0.6) is 5.75 Å². The van der Waals surface area contributed by atoms with Gasteiger partial charge in [0.05, 0.1) is 12.8 Å². The monoisotopic (exact) mass is 335 g/mol. The van der Waals surface area contributed by atoms with Gasteiger partial charge in [0.1, 0.15) is 5.75 Å². The van der Waals surface area contributed by atoms with E-state index in [0.717, 1.165) is 36.6 Å². The molecule has 1 aromatic rings. The van der Waals surface area contributed by atoms with Crippen molar-refractivity contribution < 1.29 is 4.74 Å². The molecule has 122 valence electrons. The van der Waals surface area contributed by atoms with E-state index in [1.807, 2.05) is 20.2 Å². The van der Waals surface area contributed by atoms with Crippen LogP contribution in [-0.2, 0) is 6.54 Å². The highest BCUT2D eigenvalue weighted by Crippen LogP contribution is 2.25. The van der Waals surface area contributed by atoms with Crippen LogP contribution >= 0.6 is 24.8 Å². The molecule has 0 bridgehead atoms. The maximum atomic E-state index is 5.48. The SMILES string of the molecule is CNC1CCCN(Cc2ncc(C)c(OC)c2C)C1.Cl.Cl.